The molecular weight excluding hydrogens is 472 g/mol. The Bertz CT molecular complexity index is 1080. The fraction of sp³-hybridized carbons (Fsp3) is 0.875. The molecule has 2 saturated heterocycles. The zero-order valence-electron chi connectivity index (χ0n) is 20.4. The van der Waals surface area contributed by atoms with Crippen LogP contribution in [0.5, 0.6) is 0 Å². The van der Waals surface area contributed by atoms with Gasteiger partial charge in [0.2, 0.25) is 0 Å². The third-order valence-corrected chi connectivity index (χ3v) is 8.33. The van der Waals surface area contributed by atoms with E-state index in [0.717, 1.165) is 51.6 Å². The van der Waals surface area contributed by atoms with Crippen molar-refractivity contribution in [3.8, 4) is 0 Å². The van der Waals surface area contributed by atoms with E-state index in [4.69, 9.17) is 19.0 Å². The first-order valence-corrected chi connectivity index (χ1v) is 13.4. The van der Waals surface area contributed by atoms with Crippen molar-refractivity contribution >= 4 is 5.71 Å². The first-order chi connectivity index (χ1) is 17.5. The van der Waals surface area contributed by atoms with Crippen LogP contribution < -0.4 is 11.4 Å². The Kier molecular flexibility index (Phi) is 6.80. The molecular formula is C24H36N4O8. The van der Waals surface area contributed by atoms with E-state index in [9.17, 15) is 19.8 Å². The van der Waals surface area contributed by atoms with E-state index < -0.39 is 24.4 Å². The molecule has 4 fully saturated rings. The Morgan fingerprint density at radius 1 is 1.06 bits per heavy atom. The van der Waals surface area contributed by atoms with Gasteiger partial charge in [-0.3, -0.25) is 0 Å². The molecule has 5 aliphatic rings. The van der Waals surface area contributed by atoms with Crippen LogP contribution in [0.1, 0.15) is 63.5 Å². The van der Waals surface area contributed by atoms with Gasteiger partial charge in [0.25, 0.3) is 0 Å². The molecule has 0 amide bonds. The fourth-order valence-electron chi connectivity index (χ4n) is 6.47. The van der Waals surface area contributed by atoms with Gasteiger partial charge in [-0.1, -0.05) is 24.4 Å². The number of epoxide rings is 1. The molecule has 2 saturated carbocycles. The molecule has 12 heteroatoms. The Labute approximate surface area is 208 Å². The van der Waals surface area contributed by atoms with Gasteiger partial charge in [-0.05, 0) is 32.1 Å². The lowest BCUT2D eigenvalue weighted by molar-refractivity contribution is -0.0437. The number of rotatable bonds is 8. The summed E-state index contributed by atoms with van der Waals surface area (Å²) in [5, 5.41) is 25.6. The smallest absolute Gasteiger partial charge is 0.347 e. The number of nitrogens with zero attached hydrogens (tertiary/aromatic N) is 4. The average Bonchev–Trinajstić information content (AvgIpc) is 3.44. The van der Waals surface area contributed by atoms with Crippen LogP contribution in [0.2, 0.25) is 0 Å². The molecule has 4 heterocycles. The lowest BCUT2D eigenvalue weighted by Crippen LogP contribution is -2.53. The van der Waals surface area contributed by atoms with Crippen molar-refractivity contribution in [3.05, 3.63) is 21.0 Å². The highest BCUT2D eigenvalue weighted by Crippen LogP contribution is 2.46. The minimum absolute atomic E-state index is 0.0466. The molecule has 6 rings (SSSR count). The maximum atomic E-state index is 13.5. The summed E-state index contributed by atoms with van der Waals surface area (Å²) in [6, 6.07) is -0.733. The maximum Gasteiger partial charge on any atom is 0.347 e. The first kappa shape index (κ1) is 24.4. The van der Waals surface area contributed by atoms with Crippen LogP contribution in [0.15, 0.2) is 14.7 Å². The van der Waals surface area contributed by atoms with Gasteiger partial charge < -0.3 is 29.3 Å². The van der Waals surface area contributed by atoms with Crippen molar-refractivity contribution in [1.29, 1.82) is 0 Å². The summed E-state index contributed by atoms with van der Waals surface area (Å²) in [6.45, 7) is 1.63. The second-order valence-corrected chi connectivity index (χ2v) is 10.7. The van der Waals surface area contributed by atoms with E-state index in [-0.39, 0.29) is 48.8 Å². The predicted octanol–water partition coefficient (Wildman–Crippen LogP) is -0.0513. The normalized spacial score (nSPS) is 35.8. The second kappa shape index (κ2) is 10.1. The molecule has 1 aromatic heterocycles. The summed E-state index contributed by atoms with van der Waals surface area (Å²) in [5.74, 6) is -0.295. The molecule has 0 spiro atoms. The molecule has 0 radical (unpaired) electrons. The summed E-state index contributed by atoms with van der Waals surface area (Å²) < 4.78 is 21.1. The van der Waals surface area contributed by atoms with Crippen LogP contribution >= 0.6 is 0 Å². The molecule has 0 bridgehead atoms. The summed E-state index contributed by atoms with van der Waals surface area (Å²) in [5.41, 5.74) is -0.0325. The van der Waals surface area contributed by atoms with Gasteiger partial charge in [0.05, 0.1) is 31.1 Å². The van der Waals surface area contributed by atoms with Crippen LogP contribution in [0, 0.1) is 5.92 Å². The zero-order chi connectivity index (χ0) is 24.8. The number of aromatic nitrogens is 3. The molecule has 1 aromatic rings. The van der Waals surface area contributed by atoms with E-state index in [2.05, 4.69) is 5.16 Å². The van der Waals surface area contributed by atoms with Crippen LogP contribution in [0.4, 0.5) is 0 Å². The van der Waals surface area contributed by atoms with Gasteiger partial charge in [-0.25, -0.2) is 23.5 Å². The fourth-order valence-corrected chi connectivity index (χ4v) is 6.47. The standard InChI is InChI=1S/C24H36N4O8/c29-15(11-33-13-16-7-4-10-34-16)12-35-25-18-17-8-9-26-23(31)27(14-5-2-1-3-6-14)24(32)28(26)19(17)20(30)22-21(18)36-22/h14-17,19-22,29-30H,1-13H2/b25-18-/t15-,16?,17+,19+,20-,21+,22-/m0/s1. The Morgan fingerprint density at radius 2 is 1.89 bits per heavy atom. The number of aliphatic hydroxyl groups excluding tert-OH is 2. The van der Waals surface area contributed by atoms with E-state index in [1.54, 1.807) is 0 Å². The maximum absolute atomic E-state index is 13.5. The summed E-state index contributed by atoms with van der Waals surface area (Å²) in [7, 11) is 0. The first-order valence-electron chi connectivity index (χ1n) is 13.4. The average molecular weight is 509 g/mol. The van der Waals surface area contributed by atoms with Crippen LogP contribution in [0.25, 0.3) is 0 Å². The minimum Gasteiger partial charge on any atom is -0.393 e. The number of hydrogen-bond donors (Lipinski definition) is 2. The molecule has 200 valence electrons. The number of oxime groups is 1. The van der Waals surface area contributed by atoms with E-state index in [1.165, 1.54) is 13.9 Å². The third kappa shape index (κ3) is 4.36. The SMILES string of the molecule is O=c1n(C2CCCCC2)c(=O)n2n1CC[C@@H]1/C(=N/OC[C@@H](O)COCC3CCCO3)[C@H]3O[C@H]3[C@@H](O)[C@@H]12. The number of hydrogen-bond acceptors (Lipinski definition) is 9. The number of ether oxygens (including phenoxy) is 3. The molecule has 0 aromatic carbocycles. The van der Waals surface area contributed by atoms with Crippen molar-refractivity contribution in [1.82, 2.24) is 13.9 Å². The van der Waals surface area contributed by atoms with Crippen molar-refractivity contribution in [2.75, 3.05) is 26.4 Å². The van der Waals surface area contributed by atoms with Gasteiger partial charge in [-0.15, -0.1) is 0 Å². The highest BCUT2D eigenvalue weighted by molar-refractivity contribution is 5.94. The van der Waals surface area contributed by atoms with Crippen LogP contribution in [0.3, 0.4) is 0 Å². The molecule has 2 N–H and O–H groups in total. The van der Waals surface area contributed by atoms with E-state index in [0.29, 0.717) is 25.3 Å². The van der Waals surface area contributed by atoms with Gasteiger partial charge in [0.1, 0.15) is 31.0 Å². The van der Waals surface area contributed by atoms with Gasteiger partial charge in [-0.2, -0.15) is 0 Å². The van der Waals surface area contributed by atoms with E-state index in [1.807, 2.05) is 0 Å². The zero-order valence-corrected chi connectivity index (χ0v) is 20.4. The summed E-state index contributed by atoms with van der Waals surface area (Å²) >= 11 is 0. The summed E-state index contributed by atoms with van der Waals surface area (Å²) in [6.07, 6.45) is 4.80. The summed E-state index contributed by atoms with van der Waals surface area (Å²) in [4.78, 5) is 32.2. The lowest BCUT2D eigenvalue weighted by atomic mass is 9.78. The third-order valence-electron chi connectivity index (χ3n) is 8.33. The molecule has 2 aliphatic carbocycles. The second-order valence-electron chi connectivity index (χ2n) is 10.7. The highest BCUT2D eigenvalue weighted by atomic mass is 16.6. The minimum atomic E-state index is -0.915. The topological polar surface area (TPSA) is 142 Å². The molecule has 1 unspecified atom stereocenters. The molecule has 12 nitrogen and oxygen atoms in total. The quantitative estimate of drug-likeness (QED) is 0.368. The molecule has 36 heavy (non-hydrogen) atoms. The predicted molar refractivity (Wildman–Crippen MR) is 126 cm³/mol. The van der Waals surface area contributed by atoms with Gasteiger partial charge in [0, 0.05) is 25.1 Å². The lowest BCUT2D eigenvalue weighted by Gasteiger charge is -2.38. The molecule has 3 aliphatic heterocycles. The van der Waals surface area contributed by atoms with Gasteiger partial charge in [0.15, 0.2) is 0 Å². The van der Waals surface area contributed by atoms with E-state index >= 15 is 0 Å². The number of fused-ring (bicyclic) bond motifs is 4. The van der Waals surface area contributed by atoms with Crippen molar-refractivity contribution in [3.63, 3.8) is 0 Å². The highest BCUT2D eigenvalue weighted by Gasteiger charge is 2.61. The van der Waals surface area contributed by atoms with Crippen LogP contribution in [-0.4, -0.2) is 86.8 Å². The Hall–Kier alpha value is -1.99. The largest absolute Gasteiger partial charge is 0.393 e. The molecule has 7 atom stereocenters. The van der Waals surface area contributed by atoms with Crippen molar-refractivity contribution in [2.45, 2.75) is 101 Å². The number of aliphatic hydroxyl groups is 2. The van der Waals surface area contributed by atoms with Crippen molar-refractivity contribution in [2.24, 2.45) is 11.1 Å². The Morgan fingerprint density at radius 3 is 2.67 bits per heavy atom. The van der Waals surface area contributed by atoms with Gasteiger partial charge >= 0.3 is 11.4 Å². The monoisotopic (exact) mass is 508 g/mol. The Balaban J connectivity index is 1.15. The van der Waals surface area contributed by atoms with Crippen LogP contribution in [-0.2, 0) is 25.6 Å². The van der Waals surface area contributed by atoms with Crippen molar-refractivity contribution < 1.29 is 29.3 Å².